The summed E-state index contributed by atoms with van der Waals surface area (Å²) in [6.45, 7) is 0. The summed E-state index contributed by atoms with van der Waals surface area (Å²) in [6, 6.07) is 4.51. The number of hydrogen-bond donors (Lipinski definition) is 0. The molecule has 2 heterocycles. The third-order valence-electron chi connectivity index (χ3n) is 6.85. The van der Waals surface area contributed by atoms with Crippen LogP contribution in [0.3, 0.4) is 0 Å². The fraction of sp³-hybridized carbons (Fsp3) is 0.750. The van der Waals surface area contributed by atoms with Crippen molar-refractivity contribution in [2.45, 2.75) is 114 Å². The Bertz CT molecular complexity index is 710. The van der Waals surface area contributed by atoms with E-state index in [4.69, 9.17) is 9.97 Å². The van der Waals surface area contributed by atoms with E-state index < -0.39 is 0 Å². The Morgan fingerprint density at radius 2 is 1.25 bits per heavy atom. The van der Waals surface area contributed by atoms with E-state index in [9.17, 15) is 0 Å². The first-order valence-electron chi connectivity index (χ1n) is 12.0. The molecule has 0 spiro atoms. The summed E-state index contributed by atoms with van der Waals surface area (Å²) in [6.07, 6.45) is 22.2. The van der Waals surface area contributed by atoms with Crippen molar-refractivity contribution in [3.63, 3.8) is 0 Å². The first kappa shape index (κ1) is 20.4. The molecule has 1 radical (unpaired) electrons. The Balaban J connectivity index is 1.44. The molecule has 2 saturated carbocycles. The summed E-state index contributed by atoms with van der Waals surface area (Å²) in [7, 11) is 2.46. The first-order chi connectivity index (χ1) is 13.9. The van der Waals surface area contributed by atoms with Gasteiger partial charge in [0.15, 0.2) is 7.28 Å². The molecule has 151 valence electrons. The number of aromatic nitrogens is 2. The standard InChI is InChI=1S/C24H36BN2S/c1-2-5-9-13-19(14-10-6-3-1)21-17-18-22-23(26-21)28-24(27-22)25-20-15-11-7-4-8-12-16-20/h17-20H,1-16H2. The fourth-order valence-corrected chi connectivity index (χ4v) is 6.08. The predicted octanol–water partition coefficient (Wildman–Crippen LogP) is 7.16. The highest BCUT2D eigenvalue weighted by Gasteiger charge is 2.18. The molecule has 4 heteroatoms. The van der Waals surface area contributed by atoms with Gasteiger partial charge in [-0.2, -0.15) is 0 Å². The van der Waals surface area contributed by atoms with E-state index in [-0.39, 0.29) is 0 Å². The minimum atomic E-state index is 0.655. The quantitative estimate of drug-likeness (QED) is 0.515. The van der Waals surface area contributed by atoms with Crippen LogP contribution in [0, 0.1) is 0 Å². The molecule has 0 unspecified atom stereocenters. The maximum Gasteiger partial charge on any atom is 0.195 e. The zero-order chi connectivity index (χ0) is 19.0. The number of rotatable bonds is 3. The molecule has 0 bridgehead atoms. The number of pyridine rings is 1. The summed E-state index contributed by atoms with van der Waals surface area (Å²) < 4.78 is 0. The Morgan fingerprint density at radius 3 is 1.89 bits per heavy atom. The lowest BCUT2D eigenvalue weighted by molar-refractivity contribution is 0.458. The van der Waals surface area contributed by atoms with Gasteiger partial charge < -0.3 is 0 Å². The molecule has 2 nitrogen and oxygen atoms in total. The molecule has 0 saturated heterocycles. The van der Waals surface area contributed by atoms with Crippen LogP contribution in [0.5, 0.6) is 0 Å². The van der Waals surface area contributed by atoms with E-state index in [0.29, 0.717) is 5.92 Å². The summed E-state index contributed by atoms with van der Waals surface area (Å²) in [5, 5.41) is 0. The Hall–Kier alpha value is -0.895. The predicted molar refractivity (Wildman–Crippen MR) is 123 cm³/mol. The molecule has 2 aliphatic rings. The summed E-state index contributed by atoms with van der Waals surface area (Å²) in [5.41, 5.74) is 2.43. The smallest absolute Gasteiger partial charge is 0.195 e. The average molecular weight is 395 g/mol. The highest BCUT2D eigenvalue weighted by molar-refractivity contribution is 7.26. The van der Waals surface area contributed by atoms with Crippen LogP contribution in [0.1, 0.15) is 114 Å². The van der Waals surface area contributed by atoms with Crippen LogP contribution in [0.4, 0.5) is 0 Å². The van der Waals surface area contributed by atoms with Crippen LogP contribution >= 0.6 is 11.3 Å². The summed E-state index contributed by atoms with van der Waals surface area (Å²) >= 11 is 1.82. The zero-order valence-corrected chi connectivity index (χ0v) is 18.3. The molecule has 2 aromatic heterocycles. The summed E-state index contributed by atoms with van der Waals surface area (Å²) in [4.78, 5) is 12.4. The van der Waals surface area contributed by atoms with Crippen molar-refractivity contribution in [2.75, 3.05) is 0 Å². The lowest BCUT2D eigenvalue weighted by atomic mass is 9.60. The molecule has 2 aromatic rings. The van der Waals surface area contributed by atoms with Crippen LogP contribution in [-0.4, -0.2) is 17.2 Å². The molecule has 0 aliphatic heterocycles. The summed E-state index contributed by atoms with van der Waals surface area (Å²) in [5.74, 6) is 1.38. The maximum absolute atomic E-state index is 5.11. The highest BCUT2D eigenvalue weighted by Crippen LogP contribution is 2.31. The third kappa shape index (κ3) is 5.81. The van der Waals surface area contributed by atoms with Crippen molar-refractivity contribution in [3.05, 3.63) is 17.8 Å². The molecule has 28 heavy (non-hydrogen) atoms. The van der Waals surface area contributed by atoms with E-state index in [0.717, 1.165) is 16.2 Å². The molecule has 2 aliphatic carbocycles. The van der Waals surface area contributed by atoms with Gasteiger partial charge in [0.2, 0.25) is 0 Å². The van der Waals surface area contributed by atoms with Gasteiger partial charge in [-0.3, -0.25) is 4.98 Å². The maximum atomic E-state index is 5.11. The van der Waals surface area contributed by atoms with E-state index >= 15 is 0 Å². The first-order valence-corrected chi connectivity index (χ1v) is 12.8. The molecule has 0 atom stereocenters. The Labute approximate surface area is 176 Å². The van der Waals surface area contributed by atoms with Gasteiger partial charge in [0.05, 0.1) is 5.52 Å². The molecular weight excluding hydrogens is 359 g/mol. The van der Waals surface area contributed by atoms with Crippen LogP contribution in [0.15, 0.2) is 12.1 Å². The monoisotopic (exact) mass is 395 g/mol. The van der Waals surface area contributed by atoms with Crippen LogP contribution in [0.2, 0.25) is 5.82 Å². The number of nitrogens with zero attached hydrogens (tertiary/aromatic N) is 2. The minimum absolute atomic E-state index is 0.655. The Morgan fingerprint density at radius 1 is 0.679 bits per heavy atom. The van der Waals surface area contributed by atoms with Gasteiger partial charge in [-0.25, -0.2) is 4.98 Å². The second kappa shape index (κ2) is 10.8. The van der Waals surface area contributed by atoms with E-state index in [2.05, 4.69) is 19.4 Å². The largest absolute Gasteiger partial charge is 0.251 e. The van der Waals surface area contributed by atoms with Gasteiger partial charge in [-0.1, -0.05) is 95.7 Å². The van der Waals surface area contributed by atoms with Gasteiger partial charge in [0, 0.05) is 16.5 Å². The van der Waals surface area contributed by atoms with E-state index in [1.54, 1.807) is 0 Å². The molecule has 0 amide bonds. The van der Waals surface area contributed by atoms with Crippen molar-refractivity contribution in [1.82, 2.24) is 9.97 Å². The lowest BCUT2D eigenvalue weighted by Gasteiger charge is -2.18. The van der Waals surface area contributed by atoms with Gasteiger partial charge >= 0.3 is 0 Å². The number of hydrogen-bond acceptors (Lipinski definition) is 3. The van der Waals surface area contributed by atoms with Gasteiger partial charge in [-0.05, 0) is 25.0 Å². The number of thiazole rings is 1. The van der Waals surface area contributed by atoms with Crippen molar-refractivity contribution in [1.29, 1.82) is 0 Å². The van der Waals surface area contributed by atoms with Gasteiger partial charge in [-0.15, -0.1) is 11.3 Å². The number of fused-ring (bicyclic) bond motifs is 1. The average Bonchev–Trinajstić information content (AvgIpc) is 3.09. The van der Waals surface area contributed by atoms with Crippen molar-refractivity contribution < 1.29 is 0 Å². The molecule has 4 rings (SSSR count). The van der Waals surface area contributed by atoms with Gasteiger partial charge in [0.1, 0.15) is 4.83 Å². The second-order valence-corrected chi connectivity index (χ2v) is 10.1. The molecule has 0 aromatic carbocycles. The SMILES string of the molecule is [B](c1nc2ccc(C3CCCCCCCCC3)nc2s1)C1CCCCCCC1. The van der Waals surface area contributed by atoms with Gasteiger partial charge in [0.25, 0.3) is 0 Å². The van der Waals surface area contributed by atoms with E-state index in [1.807, 2.05) is 11.3 Å². The molecule has 0 N–H and O–H groups in total. The zero-order valence-electron chi connectivity index (χ0n) is 17.5. The van der Waals surface area contributed by atoms with Crippen molar-refractivity contribution >= 4 is 33.9 Å². The topological polar surface area (TPSA) is 25.8 Å². The Kier molecular flexibility index (Phi) is 7.83. The normalized spacial score (nSPS) is 21.9. The second-order valence-electron chi connectivity index (χ2n) is 9.13. The fourth-order valence-electron chi connectivity index (χ4n) is 5.11. The molecular formula is C24H36BN2S. The van der Waals surface area contributed by atoms with Crippen LogP contribution < -0.4 is 4.91 Å². The van der Waals surface area contributed by atoms with Crippen molar-refractivity contribution in [3.8, 4) is 0 Å². The van der Waals surface area contributed by atoms with Crippen LogP contribution in [0.25, 0.3) is 10.3 Å². The minimum Gasteiger partial charge on any atom is -0.251 e. The third-order valence-corrected chi connectivity index (χ3v) is 7.78. The highest BCUT2D eigenvalue weighted by atomic mass is 32.1. The van der Waals surface area contributed by atoms with E-state index in [1.165, 1.54) is 113 Å². The van der Waals surface area contributed by atoms with Crippen LogP contribution in [-0.2, 0) is 0 Å². The lowest BCUT2D eigenvalue weighted by Crippen LogP contribution is -2.19. The molecule has 2 fully saturated rings. The van der Waals surface area contributed by atoms with Crippen molar-refractivity contribution in [2.24, 2.45) is 0 Å².